The van der Waals surface area contributed by atoms with Crippen molar-refractivity contribution >= 4 is 46.9 Å². The number of rotatable bonds is 11. The minimum Gasteiger partial charge on any atom is -0.390 e. The van der Waals surface area contributed by atoms with Gasteiger partial charge in [-0.3, -0.25) is 9.59 Å². The predicted octanol–water partition coefficient (Wildman–Crippen LogP) is 2.67. The monoisotopic (exact) mass is 481 g/mol. The van der Waals surface area contributed by atoms with Crippen LogP contribution in [0.15, 0.2) is 36.4 Å². The standard InChI is InChI=1S/C23H28ClN3O4.ClH/c1-2-9-25-11-15(29)13-27-19-8-7-18(26-12-14(28)10-24)20-21(19)23(31)17-6-4-3-5-16(17)22(20)30;/h3-8,14-15,25-29H,2,9-13H2,1H3;1H. The van der Waals surface area contributed by atoms with E-state index in [0.29, 0.717) is 29.0 Å². The third-order valence-electron chi connectivity index (χ3n) is 5.12. The molecule has 174 valence electrons. The molecular weight excluding hydrogens is 453 g/mol. The van der Waals surface area contributed by atoms with Crippen LogP contribution < -0.4 is 16.0 Å². The second-order valence-electron chi connectivity index (χ2n) is 7.54. The molecule has 32 heavy (non-hydrogen) atoms. The Morgan fingerprint density at radius 1 is 0.844 bits per heavy atom. The lowest BCUT2D eigenvalue weighted by Gasteiger charge is -2.25. The van der Waals surface area contributed by atoms with Crippen molar-refractivity contribution in [3.63, 3.8) is 0 Å². The molecule has 0 saturated heterocycles. The highest BCUT2D eigenvalue weighted by atomic mass is 35.5. The number of hydrogen-bond donors (Lipinski definition) is 5. The van der Waals surface area contributed by atoms with E-state index < -0.39 is 12.2 Å². The molecule has 0 amide bonds. The lowest BCUT2D eigenvalue weighted by molar-refractivity contribution is 0.0980. The third kappa shape index (κ3) is 5.79. The van der Waals surface area contributed by atoms with E-state index in [-0.39, 0.29) is 54.1 Å². The summed E-state index contributed by atoms with van der Waals surface area (Å²) in [5.41, 5.74) is 2.17. The molecular formula is C23H29Cl2N3O4. The summed E-state index contributed by atoms with van der Waals surface area (Å²) in [4.78, 5) is 26.6. The first-order valence-electron chi connectivity index (χ1n) is 10.4. The largest absolute Gasteiger partial charge is 0.390 e. The van der Waals surface area contributed by atoms with Gasteiger partial charge in [-0.15, -0.1) is 24.0 Å². The van der Waals surface area contributed by atoms with Gasteiger partial charge in [-0.25, -0.2) is 0 Å². The summed E-state index contributed by atoms with van der Waals surface area (Å²) in [5.74, 6) is -0.469. The van der Waals surface area contributed by atoms with E-state index in [4.69, 9.17) is 11.6 Å². The van der Waals surface area contributed by atoms with Gasteiger partial charge in [0.1, 0.15) is 0 Å². The maximum atomic E-state index is 13.3. The van der Waals surface area contributed by atoms with E-state index in [1.165, 1.54) is 0 Å². The summed E-state index contributed by atoms with van der Waals surface area (Å²) in [6.45, 7) is 3.66. The number of alkyl halides is 1. The van der Waals surface area contributed by atoms with Gasteiger partial charge in [0.05, 0.1) is 29.2 Å². The highest BCUT2D eigenvalue weighted by Crippen LogP contribution is 2.36. The number of aliphatic hydroxyl groups is 2. The van der Waals surface area contributed by atoms with Gasteiger partial charge in [0.2, 0.25) is 0 Å². The second-order valence-corrected chi connectivity index (χ2v) is 7.85. The van der Waals surface area contributed by atoms with Crippen LogP contribution in [0.25, 0.3) is 0 Å². The van der Waals surface area contributed by atoms with Crippen LogP contribution in [0.3, 0.4) is 0 Å². The van der Waals surface area contributed by atoms with Crippen LogP contribution in [0.5, 0.6) is 0 Å². The molecule has 7 nitrogen and oxygen atoms in total. The van der Waals surface area contributed by atoms with Crippen LogP contribution in [-0.2, 0) is 0 Å². The lowest BCUT2D eigenvalue weighted by Crippen LogP contribution is -2.33. The summed E-state index contributed by atoms with van der Waals surface area (Å²) in [6.07, 6.45) is -0.473. The average molecular weight is 482 g/mol. The van der Waals surface area contributed by atoms with E-state index in [1.807, 2.05) is 6.92 Å². The first-order valence-corrected chi connectivity index (χ1v) is 11.0. The van der Waals surface area contributed by atoms with Crippen molar-refractivity contribution in [3.05, 3.63) is 58.7 Å². The SMILES string of the molecule is CCCNCC(O)CNc1ccc(NCC(O)CCl)c2c1C(=O)c1ccccc1C2=O.Cl. The minimum absolute atomic E-state index is 0. The zero-order valence-corrected chi connectivity index (χ0v) is 19.4. The number of carbonyl (C=O) groups is 2. The fourth-order valence-electron chi connectivity index (χ4n) is 3.55. The van der Waals surface area contributed by atoms with Crippen molar-refractivity contribution in [2.45, 2.75) is 25.6 Å². The molecule has 0 heterocycles. The molecule has 2 aromatic rings. The van der Waals surface area contributed by atoms with Crippen molar-refractivity contribution in [1.29, 1.82) is 0 Å². The Bertz CT molecular complexity index is 955. The lowest BCUT2D eigenvalue weighted by atomic mass is 9.82. The molecule has 0 saturated carbocycles. The van der Waals surface area contributed by atoms with E-state index >= 15 is 0 Å². The van der Waals surface area contributed by atoms with Gasteiger partial charge in [-0.05, 0) is 25.1 Å². The quantitative estimate of drug-likeness (QED) is 0.211. The fraction of sp³-hybridized carbons (Fsp3) is 0.391. The molecule has 1 aliphatic rings. The summed E-state index contributed by atoms with van der Waals surface area (Å²) >= 11 is 5.67. The van der Waals surface area contributed by atoms with Gasteiger partial charge < -0.3 is 26.2 Å². The molecule has 0 aromatic heterocycles. The van der Waals surface area contributed by atoms with Gasteiger partial charge >= 0.3 is 0 Å². The maximum absolute atomic E-state index is 13.3. The fourth-order valence-corrected chi connectivity index (χ4v) is 3.65. The van der Waals surface area contributed by atoms with E-state index in [1.54, 1.807) is 36.4 Å². The third-order valence-corrected chi connectivity index (χ3v) is 5.47. The molecule has 2 aromatic carbocycles. The smallest absolute Gasteiger partial charge is 0.196 e. The Balaban J connectivity index is 0.00000363. The Morgan fingerprint density at radius 2 is 1.34 bits per heavy atom. The Kier molecular flexibility index (Phi) is 9.93. The Hall–Kier alpha value is -2.16. The Morgan fingerprint density at radius 3 is 1.81 bits per heavy atom. The normalized spacial score (nSPS) is 14.1. The average Bonchev–Trinajstić information content (AvgIpc) is 2.79. The van der Waals surface area contributed by atoms with E-state index in [9.17, 15) is 19.8 Å². The van der Waals surface area contributed by atoms with Crippen LogP contribution in [-0.4, -0.2) is 66.0 Å². The number of benzene rings is 2. The number of hydrogen-bond acceptors (Lipinski definition) is 7. The van der Waals surface area contributed by atoms with Gasteiger partial charge in [-0.2, -0.15) is 0 Å². The Labute approximate surface area is 199 Å². The molecule has 0 spiro atoms. The molecule has 2 atom stereocenters. The summed E-state index contributed by atoms with van der Waals surface area (Å²) in [7, 11) is 0. The predicted molar refractivity (Wildman–Crippen MR) is 130 cm³/mol. The van der Waals surface area contributed by atoms with Crippen LogP contribution in [0.1, 0.15) is 45.2 Å². The van der Waals surface area contributed by atoms with Gasteiger partial charge in [0, 0.05) is 42.1 Å². The zero-order valence-electron chi connectivity index (χ0n) is 17.9. The summed E-state index contributed by atoms with van der Waals surface area (Å²) in [6, 6.07) is 10.1. The molecule has 2 unspecified atom stereocenters. The molecule has 1 aliphatic carbocycles. The zero-order chi connectivity index (χ0) is 22.4. The van der Waals surface area contributed by atoms with Crippen LogP contribution in [0.4, 0.5) is 11.4 Å². The molecule has 0 aliphatic heterocycles. The van der Waals surface area contributed by atoms with E-state index in [0.717, 1.165) is 13.0 Å². The highest BCUT2D eigenvalue weighted by molar-refractivity contribution is 6.31. The number of anilines is 2. The molecule has 9 heteroatoms. The number of halogens is 2. The maximum Gasteiger partial charge on any atom is 0.196 e. The van der Waals surface area contributed by atoms with Crippen LogP contribution in [0, 0.1) is 0 Å². The molecule has 3 rings (SSSR count). The molecule has 0 bridgehead atoms. The topological polar surface area (TPSA) is 111 Å². The summed E-state index contributed by atoms with van der Waals surface area (Å²) in [5, 5.41) is 29.3. The first kappa shape index (κ1) is 26.1. The number of fused-ring (bicyclic) bond motifs is 2. The van der Waals surface area contributed by atoms with Crippen LogP contribution in [0.2, 0.25) is 0 Å². The van der Waals surface area contributed by atoms with Crippen molar-refractivity contribution in [3.8, 4) is 0 Å². The highest BCUT2D eigenvalue weighted by Gasteiger charge is 2.34. The first-order chi connectivity index (χ1) is 15.0. The van der Waals surface area contributed by atoms with Crippen LogP contribution >= 0.6 is 24.0 Å². The molecule has 0 radical (unpaired) electrons. The van der Waals surface area contributed by atoms with Crippen molar-refractivity contribution in [1.82, 2.24) is 5.32 Å². The number of ketones is 2. The molecule has 0 fully saturated rings. The van der Waals surface area contributed by atoms with Gasteiger partial charge in [0.15, 0.2) is 11.6 Å². The minimum atomic E-state index is -0.789. The van der Waals surface area contributed by atoms with Gasteiger partial charge in [0.25, 0.3) is 0 Å². The summed E-state index contributed by atoms with van der Waals surface area (Å²) < 4.78 is 0. The van der Waals surface area contributed by atoms with Crippen molar-refractivity contribution < 1.29 is 19.8 Å². The molecule has 5 N–H and O–H groups in total. The van der Waals surface area contributed by atoms with Gasteiger partial charge in [-0.1, -0.05) is 31.2 Å². The number of carbonyl (C=O) groups excluding carboxylic acids is 2. The van der Waals surface area contributed by atoms with Crippen molar-refractivity contribution in [2.75, 3.05) is 42.7 Å². The van der Waals surface area contributed by atoms with Crippen molar-refractivity contribution in [2.24, 2.45) is 0 Å². The van der Waals surface area contributed by atoms with E-state index in [2.05, 4.69) is 16.0 Å². The second kappa shape index (κ2) is 12.2. The number of aliphatic hydroxyl groups excluding tert-OH is 2. The number of nitrogens with one attached hydrogen (secondary N) is 3.